The molecule has 3 aromatic carbocycles. The van der Waals surface area contributed by atoms with Gasteiger partial charge in [-0.25, -0.2) is 0 Å². The van der Waals surface area contributed by atoms with Gasteiger partial charge in [-0.1, -0.05) is 49.4 Å². The molecule has 0 radical (unpaired) electrons. The molecule has 2 atom stereocenters. The van der Waals surface area contributed by atoms with Crippen LogP contribution in [-0.2, 0) is 4.79 Å². The number of nitro groups is 1. The van der Waals surface area contributed by atoms with Crippen molar-refractivity contribution in [2.24, 2.45) is 0 Å². The quantitative estimate of drug-likeness (QED) is 0.384. The summed E-state index contributed by atoms with van der Waals surface area (Å²) in [6, 6.07) is 22.0. The highest BCUT2D eigenvalue weighted by Crippen LogP contribution is 2.43. The Hall–Kier alpha value is -4.00. The number of hydrogen-bond donors (Lipinski definition) is 0. The molecule has 0 N–H and O–H groups in total. The van der Waals surface area contributed by atoms with E-state index in [0.29, 0.717) is 24.1 Å². The zero-order valence-electron chi connectivity index (χ0n) is 18.5. The molecule has 0 saturated heterocycles. The van der Waals surface area contributed by atoms with Crippen molar-refractivity contribution in [3.63, 3.8) is 0 Å². The molecule has 3 aromatic rings. The Bertz CT molecular complexity index is 1190. The lowest BCUT2D eigenvalue weighted by atomic mass is 9.89. The van der Waals surface area contributed by atoms with Crippen molar-refractivity contribution in [3.8, 4) is 0 Å². The number of nitro benzene ring substituents is 1. The van der Waals surface area contributed by atoms with Crippen LogP contribution in [0, 0.1) is 10.1 Å². The second-order valence-electron chi connectivity index (χ2n) is 8.09. The van der Waals surface area contributed by atoms with E-state index in [1.807, 2.05) is 44.2 Å². The zero-order valence-corrected chi connectivity index (χ0v) is 18.5. The number of carbonyl (C=O) groups is 2. The van der Waals surface area contributed by atoms with Gasteiger partial charge in [0.1, 0.15) is 0 Å². The van der Waals surface area contributed by atoms with Crippen LogP contribution in [0.2, 0.25) is 0 Å². The number of amides is 2. The first kappa shape index (κ1) is 22.2. The van der Waals surface area contributed by atoms with Gasteiger partial charge in [0.25, 0.3) is 11.6 Å². The van der Waals surface area contributed by atoms with Gasteiger partial charge in [-0.2, -0.15) is 0 Å². The minimum absolute atomic E-state index is 0.0182. The van der Waals surface area contributed by atoms with E-state index in [1.54, 1.807) is 46.2 Å². The minimum Gasteiger partial charge on any atom is -0.309 e. The first-order valence-corrected chi connectivity index (χ1v) is 11.0. The summed E-state index contributed by atoms with van der Waals surface area (Å²) in [5, 5.41) is 11.5. The lowest BCUT2D eigenvalue weighted by Gasteiger charge is -2.43. The van der Waals surface area contributed by atoms with E-state index >= 15 is 0 Å². The average molecular weight is 444 g/mol. The van der Waals surface area contributed by atoms with E-state index in [0.717, 1.165) is 11.3 Å². The first-order chi connectivity index (χ1) is 15.9. The van der Waals surface area contributed by atoms with Gasteiger partial charge in [0.05, 0.1) is 16.7 Å². The van der Waals surface area contributed by atoms with Gasteiger partial charge >= 0.3 is 0 Å². The van der Waals surface area contributed by atoms with Crippen LogP contribution in [0.15, 0.2) is 78.9 Å². The zero-order chi connectivity index (χ0) is 23.5. The Balaban J connectivity index is 1.89. The lowest BCUT2D eigenvalue weighted by molar-refractivity contribution is -0.384. The molecule has 0 spiro atoms. The van der Waals surface area contributed by atoms with Crippen molar-refractivity contribution in [1.29, 1.82) is 0 Å². The van der Waals surface area contributed by atoms with Gasteiger partial charge < -0.3 is 9.80 Å². The Morgan fingerprint density at radius 3 is 2.42 bits per heavy atom. The molecule has 1 aliphatic heterocycles. The van der Waals surface area contributed by atoms with E-state index in [-0.39, 0.29) is 23.5 Å². The molecule has 33 heavy (non-hydrogen) atoms. The summed E-state index contributed by atoms with van der Waals surface area (Å²) in [6.45, 7) is 3.80. The highest BCUT2D eigenvalue weighted by atomic mass is 16.6. The molecule has 2 amide bonds. The summed E-state index contributed by atoms with van der Waals surface area (Å²) < 4.78 is 0. The Morgan fingerprint density at radius 1 is 1.03 bits per heavy atom. The van der Waals surface area contributed by atoms with Crippen LogP contribution in [-0.4, -0.2) is 22.8 Å². The number of non-ortho nitro benzene ring substituents is 1. The molecule has 0 aliphatic carbocycles. The highest BCUT2D eigenvalue weighted by molar-refractivity contribution is 6.07. The molecule has 0 aromatic heterocycles. The number of nitrogens with zero attached hydrogens (tertiary/aromatic N) is 3. The maximum atomic E-state index is 13.8. The summed E-state index contributed by atoms with van der Waals surface area (Å²) in [5.74, 6) is -0.233. The SMILES string of the molecule is CCC(=O)N1c2ccccc2C(N(C(=O)c2ccccc2)c2cccc([N+](=O)[O-])c2)CC1C. The molecular weight excluding hydrogens is 418 g/mol. The maximum absolute atomic E-state index is 13.8. The molecule has 2 unspecified atom stereocenters. The Kier molecular flexibility index (Phi) is 6.22. The average Bonchev–Trinajstić information content (AvgIpc) is 2.84. The van der Waals surface area contributed by atoms with Crippen molar-refractivity contribution in [2.75, 3.05) is 9.80 Å². The first-order valence-electron chi connectivity index (χ1n) is 11.0. The third-order valence-electron chi connectivity index (χ3n) is 6.00. The van der Waals surface area contributed by atoms with E-state index in [4.69, 9.17) is 0 Å². The largest absolute Gasteiger partial charge is 0.309 e. The van der Waals surface area contributed by atoms with Crippen LogP contribution in [0.25, 0.3) is 0 Å². The number of fused-ring (bicyclic) bond motifs is 1. The fourth-order valence-electron chi connectivity index (χ4n) is 4.49. The van der Waals surface area contributed by atoms with Gasteiger partial charge in [-0.05, 0) is 43.2 Å². The second-order valence-corrected chi connectivity index (χ2v) is 8.09. The van der Waals surface area contributed by atoms with E-state index in [1.165, 1.54) is 12.1 Å². The molecule has 1 heterocycles. The van der Waals surface area contributed by atoms with Crippen molar-refractivity contribution < 1.29 is 14.5 Å². The molecule has 1 aliphatic rings. The minimum atomic E-state index is -0.465. The van der Waals surface area contributed by atoms with Crippen LogP contribution in [0.1, 0.15) is 48.7 Å². The fourth-order valence-corrected chi connectivity index (χ4v) is 4.49. The highest BCUT2D eigenvalue weighted by Gasteiger charge is 2.38. The number of hydrogen-bond acceptors (Lipinski definition) is 4. The molecule has 0 bridgehead atoms. The van der Waals surface area contributed by atoms with Crippen LogP contribution < -0.4 is 9.80 Å². The van der Waals surface area contributed by atoms with Gasteiger partial charge in [0.15, 0.2) is 0 Å². The van der Waals surface area contributed by atoms with Crippen LogP contribution in [0.4, 0.5) is 17.1 Å². The van der Waals surface area contributed by atoms with Crippen molar-refractivity contribution in [1.82, 2.24) is 0 Å². The standard InChI is InChI=1S/C26H25N3O4/c1-3-25(30)27-18(2)16-24(22-14-7-8-15-23(22)27)28(26(31)19-10-5-4-6-11-19)20-12-9-13-21(17-20)29(32)33/h4-15,17-18,24H,3,16H2,1-2H3. The van der Waals surface area contributed by atoms with Crippen LogP contribution in [0.5, 0.6) is 0 Å². The normalized spacial score (nSPS) is 17.2. The monoisotopic (exact) mass is 443 g/mol. The van der Waals surface area contributed by atoms with Gasteiger partial charge in [-0.3, -0.25) is 19.7 Å². The molecular formula is C26H25N3O4. The number of rotatable bonds is 5. The van der Waals surface area contributed by atoms with Crippen LogP contribution >= 0.6 is 0 Å². The van der Waals surface area contributed by atoms with E-state index in [9.17, 15) is 19.7 Å². The van der Waals surface area contributed by atoms with Crippen molar-refractivity contribution in [2.45, 2.75) is 38.8 Å². The molecule has 7 nitrogen and oxygen atoms in total. The summed E-state index contributed by atoms with van der Waals surface area (Å²) in [4.78, 5) is 40.9. The Labute approximate surface area is 192 Å². The van der Waals surface area contributed by atoms with E-state index < -0.39 is 11.0 Å². The summed E-state index contributed by atoms with van der Waals surface area (Å²) in [6.07, 6.45) is 0.880. The van der Waals surface area contributed by atoms with Crippen molar-refractivity contribution >= 4 is 28.9 Å². The smallest absolute Gasteiger partial charge is 0.271 e. The van der Waals surface area contributed by atoms with Crippen molar-refractivity contribution in [3.05, 3.63) is 100 Å². The summed E-state index contributed by atoms with van der Waals surface area (Å²) >= 11 is 0. The van der Waals surface area contributed by atoms with Gasteiger partial charge in [-0.15, -0.1) is 0 Å². The van der Waals surface area contributed by atoms with Gasteiger partial charge in [0.2, 0.25) is 5.91 Å². The predicted octanol–water partition coefficient (Wildman–Crippen LogP) is 5.52. The second kappa shape index (κ2) is 9.24. The molecule has 0 fully saturated rings. The summed E-state index contributed by atoms with van der Waals surface area (Å²) in [5.41, 5.74) is 2.46. The molecule has 4 rings (SSSR count). The Morgan fingerprint density at radius 2 is 1.73 bits per heavy atom. The summed E-state index contributed by atoms with van der Waals surface area (Å²) in [7, 11) is 0. The third-order valence-corrected chi connectivity index (χ3v) is 6.00. The third kappa shape index (κ3) is 4.22. The molecule has 168 valence electrons. The molecule has 0 saturated carbocycles. The maximum Gasteiger partial charge on any atom is 0.271 e. The lowest BCUT2D eigenvalue weighted by Crippen LogP contribution is -2.47. The fraction of sp³-hybridized carbons (Fsp3) is 0.231. The number of para-hydroxylation sites is 1. The van der Waals surface area contributed by atoms with E-state index in [2.05, 4.69) is 0 Å². The number of carbonyl (C=O) groups excluding carboxylic acids is 2. The predicted molar refractivity (Wildman–Crippen MR) is 127 cm³/mol. The number of benzene rings is 3. The van der Waals surface area contributed by atoms with Gasteiger partial charge in [0, 0.05) is 35.8 Å². The van der Waals surface area contributed by atoms with Crippen LogP contribution in [0.3, 0.4) is 0 Å². The number of anilines is 2. The molecule has 7 heteroatoms. The topological polar surface area (TPSA) is 83.8 Å².